The number of hydrogen-bond acceptors (Lipinski definition) is 2. The summed E-state index contributed by atoms with van der Waals surface area (Å²) in [5.41, 5.74) is 1.73. The van der Waals surface area contributed by atoms with Gasteiger partial charge in [0.15, 0.2) is 0 Å². The number of nitrogens with zero attached hydrogens (tertiary/aromatic N) is 2. The Kier molecular flexibility index (Phi) is 6.05. The van der Waals surface area contributed by atoms with Gasteiger partial charge in [0.05, 0.1) is 0 Å². The third kappa shape index (κ3) is 3.55. The van der Waals surface area contributed by atoms with Crippen LogP contribution in [0, 0.1) is 5.92 Å². The molecule has 1 fully saturated rings. The molecule has 0 bridgehead atoms. The van der Waals surface area contributed by atoms with Crippen LogP contribution in [0.3, 0.4) is 0 Å². The first kappa shape index (κ1) is 17.5. The monoisotopic (exact) mass is 302 g/mol. The Bertz CT molecular complexity index is 430. The molecular formula is C20H34N2. The Labute approximate surface area is 137 Å². The van der Waals surface area contributed by atoms with Crippen LogP contribution in [0.15, 0.2) is 30.3 Å². The molecule has 1 aliphatic rings. The third-order valence-corrected chi connectivity index (χ3v) is 5.82. The smallest absolute Gasteiger partial charge is 0.0455 e. The van der Waals surface area contributed by atoms with E-state index in [1.54, 1.807) is 0 Å². The predicted octanol–water partition coefficient (Wildman–Crippen LogP) is 4.36. The minimum atomic E-state index is 0.237. The van der Waals surface area contributed by atoms with Gasteiger partial charge in [-0.05, 0) is 71.8 Å². The van der Waals surface area contributed by atoms with Crippen LogP contribution in [0.25, 0.3) is 0 Å². The first-order chi connectivity index (χ1) is 10.5. The van der Waals surface area contributed by atoms with E-state index in [2.05, 4.69) is 75.2 Å². The Balaban J connectivity index is 2.14. The highest BCUT2D eigenvalue weighted by Crippen LogP contribution is 2.44. The quantitative estimate of drug-likeness (QED) is 0.770. The number of rotatable bonds is 6. The summed E-state index contributed by atoms with van der Waals surface area (Å²) in [6, 6.07) is 11.9. The summed E-state index contributed by atoms with van der Waals surface area (Å²) in [5, 5.41) is 0. The molecule has 1 atom stereocenters. The van der Waals surface area contributed by atoms with E-state index in [4.69, 9.17) is 0 Å². The first-order valence-electron chi connectivity index (χ1n) is 8.90. The fourth-order valence-corrected chi connectivity index (χ4v) is 4.46. The fraction of sp³-hybridized carbons (Fsp3) is 0.700. The van der Waals surface area contributed by atoms with Crippen molar-refractivity contribution in [1.82, 2.24) is 9.80 Å². The molecule has 1 unspecified atom stereocenters. The Morgan fingerprint density at radius 3 is 2.09 bits per heavy atom. The van der Waals surface area contributed by atoms with Crippen LogP contribution in [0.4, 0.5) is 0 Å². The van der Waals surface area contributed by atoms with Gasteiger partial charge in [0.1, 0.15) is 0 Å². The van der Waals surface area contributed by atoms with Crippen molar-refractivity contribution < 1.29 is 0 Å². The lowest BCUT2D eigenvalue weighted by atomic mass is 9.69. The van der Waals surface area contributed by atoms with Gasteiger partial charge in [0, 0.05) is 11.6 Å². The van der Waals surface area contributed by atoms with Crippen molar-refractivity contribution in [2.75, 3.05) is 28.2 Å². The highest BCUT2D eigenvalue weighted by molar-refractivity contribution is 5.25. The molecule has 0 amide bonds. The minimum absolute atomic E-state index is 0.237. The lowest BCUT2D eigenvalue weighted by Gasteiger charge is -2.47. The number of benzene rings is 1. The zero-order valence-electron chi connectivity index (χ0n) is 15.2. The molecule has 0 spiro atoms. The van der Waals surface area contributed by atoms with Crippen LogP contribution in [0.1, 0.15) is 51.0 Å². The van der Waals surface area contributed by atoms with E-state index >= 15 is 0 Å². The van der Waals surface area contributed by atoms with Crippen molar-refractivity contribution in [2.45, 2.75) is 57.0 Å². The van der Waals surface area contributed by atoms with Gasteiger partial charge < -0.3 is 4.90 Å². The molecule has 0 N–H and O–H groups in total. The normalized spacial score (nSPS) is 27.3. The average Bonchev–Trinajstić information content (AvgIpc) is 2.53. The third-order valence-electron chi connectivity index (χ3n) is 5.82. The van der Waals surface area contributed by atoms with Crippen LogP contribution in [-0.2, 0) is 5.54 Å². The molecule has 0 aromatic heterocycles. The molecule has 1 aromatic rings. The lowest BCUT2D eigenvalue weighted by Crippen LogP contribution is -2.47. The van der Waals surface area contributed by atoms with Crippen molar-refractivity contribution in [2.24, 2.45) is 5.92 Å². The van der Waals surface area contributed by atoms with Gasteiger partial charge >= 0.3 is 0 Å². The SMILES string of the molecule is CCCC(C1CCC(c2ccccc2)(N(C)C)CC1)N(C)C. The molecule has 0 radical (unpaired) electrons. The molecule has 0 heterocycles. The molecule has 1 aromatic carbocycles. The summed E-state index contributed by atoms with van der Waals surface area (Å²) in [6.45, 7) is 2.31. The van der Waals surface area contributed by atoms with E-state index in [9.17, 15) is 0 Å². The van der Waals surface area contributed by atoms with Gasteiger partial charge in [-0.1, -0.05) is 43.7 Å². The van der Waals surface area contributed by atoms with Crippen molar-refractivity contribution in [3.63, 3.8) is 0 Å². The van der Waals surface area contributed by atoms with Crippen molar-refractivity contribution in [3.8, 4) is 0 Å². The standard InChI is InChI=1S/C20H34N2/c1-6-10-19(21(2)3)17-13-15-20(16-14-17,22(4)5)18-11-8-7-9-12-18/h7-9,11-12,17,19H,6,10,13-16H2,1-5H3. The van der Waals surface area contributed by atoms with Crippen molar-refractivity contribution in [3.05, 3.63) is 35.9 Å². The molecule has 2 rings (SSSR count). The van der Waals surface area contributed by atoms with E-state index in [0.717, 1.165) is 12.0 Å². The van der Waals surface area contributed by atoms with Crippen molar-refractivity contribution in [1.29, 1.82) is 0 Å². The molecule has 1 saturated carbocycles. The molecule has 1 aliphatic carbocycles. The second kappa shape index (κ2) is 7.61. The van der Waals surface area contributed by atoms with Crippen LogP contribution in [0.2, 0.25) is 0 Å². The van der Waals surface area contributed by atoms with E-state index in [1.807, 2.05) is 0 Å². The van der Waals surface area contributed by atoms with E-state index in [0.29, 0.717) is 0 Å². The van der Waals surface area contributed by atoms with Crippen LogP contribution in [0.5, 0.6) is 0 Å². The topological polar surface area (TPSA) is 6.48 Å². The predicted molar refractivity (Wildman–Crippen MR) is 96.1 cm³/mol. The molecule has 124 valence electrons. The second-order valence-corrected chi connectivity index (χ2v) is 7.45. The summed E-state index contributed by atoms with van der Waals surface area (Å²) >= 11 is 0. The zero-order chi connectivity index (χ0) is 16.2. The molecular weight excluding hydrogens is 268 g/mol. The van der Waals surface area contributed by atoms with Crippen molar-refractivity contribution >= 4 is 0 Å². The largest absolute Gasteiger partial charge is 0.306 e. The Morgan fingerprint density at radius 2 is 1.64 bits per heavy atom. The molecule has 2 nitrogen and oxygen atoms in total. The average molecular weight is 303 g/mol. The second-order valence-electron chi connectivity index (χ2n) is 7.45. The molecule has 0 saturated heterocycles. The van der Waals surface area contributed by atoms with Crippen LogP contribution < -0.4 is 0 Å². The maximum atomic E-state index is 2.46. The van der Waals surface area contributed by atoms with E-state index in [-0.39, 0.29) is 5.54 Å². The number of hydrogen-bond donors (Lipinski definition) is 0. The van der Waals surface area contributed by atoms with Gasteiger partial charge in [-0.3, -0.25) is 4.90 Å². The molecule has 22 heavy (non-hydrogen) atoms. The van der Waals surface area contributed by atoms with Crippen LogP contribution in [-0.4, -0.2) is 44.0 Å². The Morgan fingerprint density at radius 1 is 1.05 bits per heavy atom. The highest BCUT2D eigenvalue weighted by Gasteiger charge is 2.40. The van der Waals surface area contributed by atoms with E-state index < -0.39 is 0 Å². The molecule has 2 heteroatoms. The lowest BCUT2D eigenvalue weighted by molar-refractivity contribution is 0.0498. The van der Waals surface area contributed by atoms with Gasteiger partial charge in [-0.2, -0.15) is 0 Å². The minimum Gasteiger partial charge on any atom is -0.306 e. The van der Waals surface area contributed by atoms with Crippen LogP contribution >= 0.6 is 0 Å². The van der Waals surface area contributed by atoms with Gasteiger partial charge in [-0.25, -0.2) is 0 Å². The van der Waals surface area contributed by atoms with Gasteiger partial charge in [0.2, 0.25) is 0 Å². The summed E-state index contributed by atoms with van der Waals surface area (Å²) in [4.78, 5) is 4.92. The first-order valence-corrected chi connectivity index (χ1v) is 8.90. The fourth-order valence-electron chi connectivity index (χ4n) is 4.46. The Hall–Kier alpha value is -0.860. The highest BCUT2D eigenvalue weighted by atomic mass is 15.2. The molecule has 0 aliphatic heterocycles. The van der Waals surface area contributed by atoms with E-state index in [1.165, 1.54) is 44.1 Å². The van der Waals surface area contributed by atoms with Gasteiger partial charge in [0.25, 0.3) is 0 Å². The maximum Gasteiger partial charge on any atom is 0.0455 e. The summed E-state index contributed by atoms with van der Waals surface area (Å²) in [5.74, 6) is 0.853. The summed E-state index contributed by atoms with van der Waals surface area (Å²) in [6.07, 6.45) is 7.87. The summed E-state index contributed by atoms with van der Waals surface area (Å²) in [7, 11) is 9.02. The summed E-state index contributed by atoms with van der Waals surface area (Å²) < 4.78 is 0. The zero-order valence-corrected chi connectivity index (χ0v) is 15.2. The van der Waals surface area contributed by atoms with Gasteiger partial charge in [-0.15, -0.1) is 0 Å². The maximum absolute atomic E-state index is 2.46.